The van der Waals surface area contributed by atoms with Gasteiger partial charge in [0, 0.05) is 17.1 Å². The molecule has 0 aliphatic rings. The van der Waals surface area contributed by atoms with Crippen LogP contribution >= 0.6 is 11.6 Å². The van der Waals surface area contributed by atoms with Crippen LogP contribution in [0.15, 0.2) is 18.2 Å². The highest BCUT2D eigenvalue weighted by Gasteiger charge is 2.03. The zero-order chi connectivity index (χ0) is 10.6. The lowest BCUT2D eigenvalue weighted by molar-refractivity contribution is -0.136. The smallest absolute Gasteiger partial charge is 0.317 e. The Hall–Kier alpha value is -1.13. The monoisotopic (exact) mass is 217 g/mol. The molecule has 0 aliphatic carbocycles. The predicted octanol–water partition coefficient (Wildman–Crippen LogP) is 1.65. The number of hydrogen-bond acceptors (Lipinski definition) is 2. The lowest BCUT2D eigenvalue weighted by atomic mass is 10.2. The topological polar surface area (TPSA) is 49.3 Å². The molecule has 0 saturated carbocycles. The number of carboxylic acids is 1. The summed E-state index contributed by atoms with van der Waals surface area (Å²) >= 11 is 5.55. The molecule has 0 aromatic heterocycles. The number of benzene rings is 1. The SMILES string of the molecule is O=C(O)CNCc1ccc(Cl)cc1F. The van der Waals surface area contributed by atoms with Crippen molar-refractivity contribution in [3.63, 3.8) is 0 Å². The van der Waals surface area contributed by atoms with Crippen LogP contribution in [0.1, 0.15) is 5.56 Å². The van der Waals surface area contributed by atoms with E-state index in [9.17, 15) is 9.18 Å². The van der Waals surface area contributed by atoms with Crippen LogP contribution in [-0.2, 0) is 11.3 Å². The van der Waals surface area contributed by atoms with Gasteiger partial charge in [-0.3, -0.25) is 4.79 Å². The van der Waals surface area contributed by atoms with E-state index in [0.717, 1.165) is 0 Å². The summed E-state index contributed by atoms with van der Waals surface area (Å²) in [5.74, 6) is -1.41. The molecule has 0 unspecified atom stereocenters. The highest BCUT2D eigenvalue weighted by molar-refractivity contribution is 6.30. The van der Waals surface area contributed by atoms with Crippen LogP contribution in [0.2, 0.25) is 5.02 Å². The molecule has 0 spiro atoms. The molecule has 0 atom stereocenters. The third-order valence-electron chi connectivity index (χ3n) is 1.61. The van der Waals surface area contributed by atoms with Crippen molar-refractivity contribution < 1.29 is 14.3 Å². The number of nitrogens with one attached hydrogen (secondary N) is 1. The van der Waals surface area contributed by atoms with Gasteiger partial charge in [0.15, 0.2) is 0 Å². The molecule has 14 heavy (non-hydrogen) atoms. The molecule has 0 bridgehead atoms. The van der Waals surface area contributed by atoms with Crippen molar-refractivity contribution in [2.45, 2.75) is 6.54 Å². The predicted molar refractivity (Wildman–Crippen MR) is 50.8 cm³/mol. The van der Waals surface area contributed by atoms with Crippen LogP contribution in [-0.4, -0.2) is 17.6 Å². The summed E-state index contributed by atoms with van der Waals surface area (Å²) in [5, 5.41) is 11.2. The Labute approximate surface area is 85.5 Å². The van der Waals surface area contributed by atoms with E-state index < -0.39 is 11.8 Å². The molecule has 2 N–H and O–H groups in total. The van der Waals surface area contributed by atoms with Gasteiger partial charge in [0.05, 0.1) is 6.54 Å². The second-order valence-electron chi connectivity index (χ2n) is 2.73. The fourth-order valence-corrected chi connectivity index (χ4v) is 1.13. The Balaban J connectivity index is 2.55. The van der Waals surface area contributed by atoms with Crippen molar-refractivity contribution in [3.8, 4) is 0 Å². The van der Waals surface area contributed by atoms with Gasteiger partial charge in [0.25, 0.3) is 0 Å². The van der Waals surface area contributed by atoms with E-state index in [1.165, 1.54) is 12.1 Å². The van der Waals surface area contributed by atoms with Gasteiger partial charge in [-0.05, 0) is 12.1 Å². The number of hydrogen-bond donors (Lipinski definition) is 2. The molecule has 1 aromatic rings. The third kappa shape index (κ3) is 3.32. The first-order valence-electron chi connectivity index (χ1n) is 3.96. The van der Waals surface area contributed by atoms with Crippen molar-refractivity contribution in [1.29, 1.82) is 0 Å². The van der Waals surface area contributed by atoms with Gasteiger partial charge in [-0.15, -0.1) is 0 Å². The maximum absolute atomic E-state index is 13.1. The average Bonchev–Trinajstić information content (AvgIpc) is 2.08. The minimum absolute atomic E-state index is 0.176. The molecule has 1 aromatic carbocycles. The number of halogens is 2. The minimum Gasteiger partial charge on any atom is -0.480 e. The summed E-state index contributed by atoms with van der Waals surface area (Å²) in [6.45, 7) is -0.0165. The van der Waals surface area contributed by atoms with Gasteiger partial charge < -0.3 is 10.4 Å². The molecule has 0 radical (unpaired) electrons. The molecule has 0 fully saturated rings. The Morgan fingerprint density at radius 3 is 2.86 bits per heavy atom. The standard InChI is InChI=1S/C9H9ClFNO2/c10-7-2-1-6(8(11)3-7)4-12-5-9(13)14/h1-3,12H,4-5H2,(H,13,14). The first-order chi connectivity index (χ1) is 6.59. The lowest BCUT2D eigenvalue weighted by Crippen LogP contribution is -2.22. The van der Waals surface area contributed by atoms with Crippen molar-refractivity contribution in [2.24, 2.45) is 0 Å². The maximum atomic E-state index is 13.1. The first-order valence-corrected chi connectivity index (χ1v) is 4.34. The van der Waals surface area contributed by atoms with Crippen LogP contribution < -0.4 is 5.32 Å². The van der Waals surface area contributed by atoms with Crippen LogP contribution in [0.25, 0.3) is 0 Å². The molecular weight excluding hydrogens is 209 g/mol. The Bertz CT molecular complexity index is 344. The van der Waals surface area contributed by atoms with Crippen LogP contribution in [0.3, 0.4) is 0 Å². The zero-order valence-electron chi connectivity index (χ0n) is 7.26. The lowest BCUT2D eigenvalue weighted by Gasteiger charge is -2.03. The summed E-state index contributed by atoms with van der Waals surface area (Å²) in [6, 6.07) is 4.27. The number of carboxylic acid groups (broad SMARTS) is 1. The van der Waals surface area contributed by atoms with Gasteiger partial charge in [-0.1, -0.05) is 17.7 Å². The zero-order valence-corrected chi connectivity index (χ0v) is 8.01. The minimum atomic E-state index is -0.973. The van der Waals surface area contributed by atoms with E-state index in [2.05, 4.69) is 5.32 Å². The second-order valence-corrected chi connectivity index (χ2v) is 3.17. The quantitative estimate of drug-likeness (QED) is 0.807. The van der Waals surface area contributed by atoms with Crippen LogP contribution in [0.5, 0.6) is 0 Å². The first kappa shape index (κ1) is 10.9. The van der Waals surface area contributed by atoms with Crippen molar-refractivity contribution >= 4 is 17.6 Å². The highest BCUT2D eigenvalue weighted by atomic mass is 35.5. The van der Waals surface area contributed by atoms with E-state index in [1.807, 2.05) is 0 Å². The number of carbonyl (C=O) groups is 1. The van der Waals surface area contributed by atoms with E-state index >= 15 is 0 Å². The second kappa shape index (κ2) is 4.93. The maximum Gasteiger partial charge on any atom is 0.317 e. The highest BCUT2D eigenvalue weighted by Crippen LogP contribution is 2.14. The largest absolute Gasteiger partial charge is 0.480 e. The van der Waals surface area contributed by atoms with Crippen LogP contribution in [0.4, 0.5) is 4.39 Å². The molecular formula is C9H9ClFNO2. The fourth-order valence-electron chi connectivity index (χ4n) is 0.969. The molecule has 0 amide bonds. The van der Waals surface area contributed by atoms with Gasteiger partial charge in [-0.25, -0.2) is 4.39 Å². The van der Waals surface area contributed by atoms with Crippen molar-refractivity contribution in [1.82, 2.24) is 5.32 Å². The van der Waals surface area contributed by atoms with Gasteiger partial charge in [0.2, 0.25) is 0 Å². The molecule has 1 rings (SSSR count). The Kier molecular flexibility index (Phi) is 3.85. The van der Waals surface area contributed by atoms with Gasteiger partial charge in [0.1, 0.15) is 5.82 Å². The summed E-state index contributed by atoms with van der Waals surface area (Å²) in [4.78, 5) is 10.2. The van der Waals surface area contributed by atoms with E-state index in [4.69, 9.17) is 16.7 Å². The van der Waals surface area contributed by atoms with E-state index in [0.29, 0.717) is 10.6 Å². The van der Waals surface area contributed by atoms with E-state index in [-0.39, 0.29) is 13.1 Å². The normalized spacial score (nSPS) is 10.1. The van der Waals surface area contributed by atoms with Crippen molar-refractivity contribution in [3.05, 3.63) is 34.6 Å². The summed E-state index contributed by atoms with van der Waals surface area (Å²) in [7, 11) is 0. The van der Waals surface area contributed by atoms with Gasteiger partial charge in [-0.2, -0.15) is 0 Å². The Morgan fingerprint density at radius 2 is 2.29 bits per heavy atom. The summed E-state index contributed by atoms with van der Waals surface area (Å²) in [6.07, 6.45) is 0. The fraction of sp³-hybridized carbons (Fsp3) is 0.222. The Morgan fingerprint density at radius 1 is 1.57 bits per heavy atom. The van der Waals surface area contributed by atoms with E-state index in [1.54, 1.807) is 6.07 Å². The number of rotatable bonds is 4. The van der Waals surface area contributed by atoms with Gasteiger partial charge >= 0.3 is 5.97 Å². The van der Waals surface area contributed by atoms with Crippen molar-refractivity contribution in [2.75, 3.05) is 6.54 Å². The molecule has 0 heterocycles. The summed E-state index contributed by atoms with van der Waals surface area (Å²) < 4.78 is 13.1. The molecule has 3 nitrogen and oxygen atoms in total. The van der Waals surface area contributed by atoms with Crippen LogP contribution in [0, 0.1) is 5.82 Å². The molecule has 5 heteroatoms. The molecule has 0 saturated heterocycles. The number of aliphatic carboxylic acids is 1. The molecule has 0 aliphatic heterocycles. The third-order valence-corrected chi connectivity index (χ3v) is 1.84. The average molecular weight is 218 g/mol. The molecule has 76 valence electrons. The summed E-state index contributed by atoms with van der Waals surface area (Å²) in [5.41, 5.74) is 0.399.